The van der Waals surface area contributed by atoms with Gasteiger partial charge in [0.25, 0.3) is 11.5 Å². The van der Waals surface area contributed by atoms with Gasteiger partial charge in [0, 0.05) is 25.1 Å². The molecule has 1 amide bonds. The summed E-state index contributed by atoms with van der Waals surface area (Å²) in [6.07, 6.45) is 5.18. The van der Waals surface area contributed by atoms with Gasteiger partial charge in [0.2, 0.25) is 0 Å². The minimum Gasteiger partial charge on any atom is -0.349 e. The number of amides is 1. The number of carbonyl (C=O) groups excluding carboxylic acids is 1. The third-order valence-corrected chi connectivity index (χ3v) is 4.25. The van der Waals surface area contributed by atoms with E-state index >= 15 is 0 Å². The topological polar surface area (TPSA) is 94.7 Å². The summed E-state index contributed by atoms with van der Waals surface area (Å²) in [4.78, 5) is 30.0. The first-order chi connectivity index (χ1) is 12.7. The van der Waals surface area contributed by atoms with Gasteiger partial charge in [0.15, 0.2) is 5.69 Å². The summed E-state index contributed by atoms with van der Waals surface area (Å²) in [5, 5.41) is 11.0. The van der Waals surface area contributed by atoms with E-state index in [2.05, 4.69) is 20.5 Å². The lowest BCUT2D eigenvalue weighted by Gasteiger charge is -2.07. The van der Waals surface area contributed by atoms with Crippen molar-refractivity contribution in [2.45, 2.75) is 25.3 Å². The Labute approximate surface area is 149 Å². The summed E-state index contributed by atoms with van der Waals surface area (Å²) in [5.41, 5.74) is 1.78. The van der Waals surface area contributed by atoms with Crippen LogP contribution in [0.25, 0.3) is 5.69 Å². The standard InChI is InChI=1S/C18H18N6O2/c25-17-10-15(13-6-7-13)20-12-23(17)9-8-19-18(26)16-11-21-24(22-16)14-4-2-1-3-5-14/h1-5,10-13H,6-9H2,(H,19,26). The molecule has 0 unspecified atom stereocenters. The van der Waals surface area contributed by atoms with Crippen LogP contribution in [0.4, 0.5) is 0 Å². The Morgan fingerprint density at radius 3 is 2.77 bits per heavy atom. The zero-order valence-electron chi connectivity index (χ0n) is 14.1. The molecular weight excluding hydrogens is 332 g/mol. The maximum absolute atomic E-state index is 12.2. The lowest BCUT2D eigenvalue weighted by atomic mass is 10.3. The van der Waals surface area contributed by atoms with Crippen LogP contribution < -0.4 is 10.9 Å². The van der Waals surface area contributed by atoms with Crippen molar-refractivity contribution < 1.29 is 4.79 Å². The van der Waals surface area contributed by atoms with Crippen LogP contribution in [0.5, 0.6) is 0 Å². The van der Waals surface area contributed by atoms with E-state index < -0.39 is 0 Å². The summed E-state index contributed by atoms with van der Waals surface area (Å²) in [6.45, 7) is 0.663. The molecule has 0 saturated heterocycles. The van der Waals surface area contributed by atoms with Crippen LogP contribution in [0, 0.1) is 0 Å². The third-order valence-electron chi connectivity index (χ3n) is 4.25. The minimum atomic E-state index is -0.331. The number of nitrogens with zero attached hydrogens (tertiary/aromatic N) is 5. The van der Waals surface area contributed by atoms with Gasteiger partial charge in [-0.05, 0) is 25.0 Å². The summed E-state index contributed by atoms with van der Waals surface area (Å²) in [6, 6.07) is 10.9. The fraction of sp³-hybridized carbons (Fsp3) is 0.278. The largest absolute Gasteiger partial charge is 0.349 e. The van der Waals surface area contributed by atoms with Crippen molar-refractivity contribution in [1.82, 2.24) is 29.9 Å². The lowest BCUT2D eigenvalue weighted by Crippen LogP contribution is -2.31. The number of rotatable bonds is 6. The first-order valence-corrected chi connectivity index (χ1v) is 8.53. The molecule has 1 fully saturated rings. The monoisotopic (exact) mass is 350 g/mol. The lowest BCUT2D eigenvalue weighted by molar-refractivity contribution is 0.0946. The number of carbonyl (C=O) groups is 1. The van der Waals surface area contributed by atoms with Crippen molar-refractivity contribution >= 4 is 5.91 Å². The molecule has 1 aromatic carbocycles. The average Bonchev–Trinajstić information content (AvgIpc) is 3.40. The Bertz CT molecular complexity index is 975. The van der Waals surface area contributed by atoms with E-state index in [9.17, 15) is 9.59 Å². The molecule has 1 N–H and O–H groups in total. The van der Waals surface area contributed by atoms with Crippen molar-refractivity contribution in [2.24, 2.45) is 0 Å². The molecule has 3 aromatic rings. The molecule has 0 bridgehead atoms. The fourth-order valence-electron chi connectivity index (χ4n) is 2.64. The second-order valence-electron chi connectivity index (χ2n) is 6.23. The van der Waals surface area contributed by atoms with Crippen LogP contribution in [0.2, 0.25) is 0 Å². The normalized spacial score (nSPS) is 13.5. The van der Waals surface area contributed by atoms with Crippen LogP contribution in [0.15, 0.2) is 53.7 Å². The third kappa shape index (κ3) is 3.53. The first kappa shape index (κ1) is 16.2. The number of nitrogens with one attached hydrogen (secondary N) is 1. The Kier molecular flexibility index (Phi) is 4.30. The van der Waals surface area contributed by atoms with E-state index in [4.69, 9.17) is 0 Å². The molecule has 2 aromatic heterocycles. The highest BCUT2D eigenvalue weighted by Crippen LogP contribution is 2.38. The van der Waals surface area contributed by atoms with Gasteiger partial charge < -0.3 is 5.32 Å². The highest BCUT2D eigenvalue weighted by molar-refractivity contribution is 5.91. The van der Waals surface area contributed by atoms with Gasteiger partial charge in [-0.15, -0.1) is 5.10 Å². The first-order valence-electron chi connectivity index (χ1n) is 8.53. The van der Waals surface area contributed by atoms with E-state index in [-0.39, 0.29) is 17.2 Å². The van der Waals surface area contributed by atoms with Gasteiger partial charge in [0.1, 0.15) is 0 Å². The Balaban J connectivity index is 1.34. The molecule has 1 aliphatic carbocycles. The number of hydrogen-bond acceptors (Lipinski definition) is 5. The fourth-order valence-corrected chi connectivity index (χ4v) is 2.64. The number of benzene rings is 1. The summed E-state index contributed by atoms with van der Waals surface area (Å²) < 4.78 is 1.49. The van der Waals surface area contributed by atoms with Gasteiger partial charge in [-0.1, -0.05) is 18.2 Å². The zero-order valence-corrected chi connectivity index (χ0v) is 14.1. The van der Waals surface area contributed by atoms with Crippen LogP contribution in [0.1, 0.15) is 34.9 Å². The van der Waals surface area contributed by atoms with E-state index in [0.717, 1.165) is 24.2 Å². The summed E-state index contributed by atoms with van der Waals surface area (Å²) in [5.74, 6) is 0.118. The van der Waals surface area contributed by atoms with Gasteiger partial charge >= 0.3 is 0 Å². The molecule has 1 aliphatic rings. The molecule has 0 aliphatic heterocycles. The van der Waals surface area contributed by atoms with Crippen molar-refractivity contribution in [3.63, 3.8) is 0 Å². The smallest absolute Gasteiger partial charge is 0.273 e. The molecule has 2 heterocycles. The van der Waals surface area contributed by atoms with Gasteiger partial charge in [-0.25, -0.2) is 4.98 Å². The van der Waals surface area contributed by atoms with Crippen LogP contribution in [-0.4, -0.2) is 37.0 Å². The number of hydrogen-bond donors (Lipinski definition) is 1. The number of aromatic nitrogens is 5. The molecule has 0 spiro atoms. The van der Waals surface area contributed by atoms with E-state index in [1.54, 1.807) is 12.4 Å². The molecular formula is C18H18N6O2. The molecule has 4 rings (SSSR count). The Hall–Kier alpha value is -3.29. The molecule has 26 heavy (non-hydrogen) atoms. The molecule has 1 saturated carbocycles. The van der Waals surface area contributed by atoms with Crippen molar-refractivity contribution in [3.8, 4) is 5.69 Å². The second kappa shape index (κ2) is 6.91. The Morgan fingerprint density at radius 2 is 2.04 bits per heavy atom. The van der Waals surface area contributed by atoms with Gasteiger partial charge in [-0.3, -0.25) is 14.2 Å². The summed E-state index contributed by atoms with van der Waals surface area (Å²) >= 11 is 0. The Morgan fingerprint density at radius 1 is 1.23 bits per heavy atom. The highest BCUT2D eigenvalue weighted by atomic mass is 16.2. The van der Waals surface area contributed by atoms with Crippen LogP contribution >= 0.6 is 0 Å². The minimum absolute atomic E-state index is 0.0915. The quantitative estimate of drug-likeness (QED) is 0.719. The van der Waals surface area contributed by atoms with Crippen LogP contribution in [0.3, 0.4) is 0 Å². The average molecular weight is 350 g/mol. The van der Waals surface area contributed by atoms with E-state index in [1.165, 1.54) is 15.6 Å². The van der Waals surface area contributed by atoms with Crippen molar-refractivity contribution in [3.05, 3.63) is 70.7 Å². The highest BCUT2D eigenvalue weighted by Gasteiger charge is 2.25. The molecule has 132 valence electrons. The molecule has 0 radical (unpaired) electrons. The summed E-state index contributed by atoms with van der Waals surface area (Å²) in [7, 11) is 0. The van der Waals surface area contributed by atoms with Gasteiger partial charge in [-0.2, -0.15) is 9.90 Å². The number of para-hydroxylation sites is 1. The van der Waals surface area contributed by atoms with Crippen molar-refractivity contribution in [2.75, 3.05) is 6.54 Å². The zero-order chi connectivity index (χ0) is 17.9. The van der Waals surface area contributed by atoms with Gasteiger partial charge in [0.05, 0.1) is 23.9 Å². The maximum atomic E-state index is 12.2. The van der Waals surface area contributed by atoms with Crippen LogP contribution in [-0.2, 0) is 6.54 Å². The predicted octanol–water partition coefficient (Wildman–Crippen LogP) is 1.13. The second-order valence-corrected chi connectivity index (χ2v) is 6.23. The molecule has 0 atom stereocenters. The molecule has 8 nitrogen and oxygen atoms in total. The molecule has 8 heteroatoms. The maximum Gasteiger partial charge on any atom is 0.273 e. The SMILES string of the molecule is O=C(NCCn1cnc(C2CC2)cc1=O)c1cnn(-c2ccccc2)n1. The van der Waals surface area contributed by atoms with E-state index in [1.807, 2.05) is 30.3 Å². The van der Waals surface area contributed by atoms with Crippen molar-refractivity contribution in [1.29, 1.82) is 0 Å². The predicted molar refractivity (Wildman–Crippen MR) is 94.2 cm³/mol. The van der Waals surface area contributed by atoms with E-state index in [0.29, 0.717) is 19.0 Å².